The normalized spacial score (nSPS) is 23.4. The molecule has 0 bridgehead atoms. The van der Waals surface area contributed by atoms with Crippen LogP contribution in [0.2, 0.25) is 0 Å². The van der Waals surface area contributed by atoms with Crippen LogP contribution >= 0.6 is 0 Å². The third kappa shape index (κ3) is 4.30. The van der Waals surface area contributed by atoms with E-state index >= 15 is 0 Å². The van der Waals surface area contributed by atoms with Crippen LogP contribution in [-0.4, -0.2) is 35.7 Å². The summed E-state index contributed by atoms with van der Waals surface area (Å²) in [4.78, 5) is 15.7. The Kier molecular flexibility index (Phi) is 4.62. The van der Waals surface area contributed by atoms with Gasteiger partial charge in [-0.1, -0.05) is 20.8 Å². The van der Waals surface area contributed by atoms with Gasteiger partial charge in [0.25, 0.3) is 0 Å². The number of amides is 1. The molecule has 0 aliphatic carbocycles. The van der Waals surface area contributed by atoms with Crippen molar-refractivity contribution in [1.29, 1.82) is 0 Å². The van der Waals surface area contributed by atoms with Crippen LogP contribution in [0.25, 0.3) is 0 Å². The number of carbonyl (C=O) groups excluding carboxylic acids is 1. The second-order valence-electron chi connectivity index (χ2n) is 7.06. The molecule has 1 aliphatic rings. The molecular formula is C14H24N4O3S. The Morgan fingerprint density at radius 1 is 1.45 bits per heavy atom. The van der Waals surface area contributed by atoms with Crippen molar-refractivity contribution < 1.29 is 13.2 Å². The van der Waals surface area contributed by atoms with Gasteiger partial charge in [0.05, 0.1) is 30.0 Å². The molecule has 1 aromatic rings. The van der Waals surface area contributed by atoms with Crippen LogP contribution in [-0.2, 0) is 21.9 Å². The van der Waals surface area contributed by atoms with Gasteiger partial charge in [0.2, 0.25) is 15.9 Å². The van der Waals surface area contributed by atoms with Crippen LogP contribution < -0.4 is 10.0 Å². The summed E-state index contributed by atoms with van der Waals surface area (Å²) in [5.41, 5.74) is 0.461. The molecule has 7 nitrogen and oxygen atoms in total. The van der Waals surface area contributed by atoms with Gasteiger partial charge in [0.1, 0.15) is 0 Å². The Labute approximate surface area is 131 Å². The van der Waals surface area contributed by atoms with E-state index in [9.17, 15) is 13.2 Å². The highest BCUT2D eigenvalue weighted by atomic mass is 32.2. The van der Waals surface area contributed by atoms with Crippen LogP contribution in [0.3, 0.4) is 0 Å². The lowest BCUT2D eigenvalue weighted by Crippen LogP contribution is -2.51. The first-order chi connectivity index (χ1) is 10.1. The van der Waals surface area contributed by atoms with E-state index in [-0.39, 0.29) is 23.1 Å². The fourth-order valence-corrected chi connectivity index (χ4v) is 4.65. The minimum atomic E-state index is -3.42. The van der Waals surface area contributed by atoms with Crippen molar-refractivity contribution in [2.45, 2.75) is 45.7 Å². The zero-order valence-electron chi connectivity index (χ0n) is 13.5. The molecule has 1 fully saturated rings. The smallest absolute Gasteiger partial charge is 0.220 e. The molecule has 0 spiro atoms. The highest BCUT2D eigenvalue weighted by molar-refractivity contribution is 7.89. The zero-order chi connectivity index (χ0) is 16.5. The van der Waals surface area contributed by atoms with E-state index in [0.29, 0.717) is 12.8 Å². The van der Waals surface area contributed by atoms with E-state index in [1.807, 2.05) is 27.8 Å². The molecule has 2 rings (SSSR count). The number of aromatic nitrogens is 2. The average Bonchev–Trinajstić information content (AvgIpc) is 2.74. The molecule has 22 heavy (non-hydrogen) atoms. The number of nitrogens with one attached hydrogen (secondary N) is 2. The molecule has 1 aromatic heterocycles. The standard InChI is InChI=1S/C14H24N4O3S/c1-14(2,3)8-22(20,21)17-10-5-6-12(19)16-13(10)11-7-15-9-18(11)4/h7,9-10,13,17H,5-6,8H2,1-4H3,(H,16,19)/t10-,13-/m1/s1. The van der Waals surface area contributed by atoms with E-state index in [1.165, 1.54) is 0 Å². The number of sulfonamides is 1. The van der Waals surface area contributed by atoms with Gasteiger partial charge in [-0.05, 0) is 11.8 Å². The molecule has 2 heterocycles. The number of imidazole rings is 1. The number of hydrogen-bond acceptors (Lipinski definition) is 4. The molecule has 1 aliphatic heterocycles. The third-order valence-corrected chi connectivity index (χ3v) is 5.44. The second kappa shape index (κ2) is 6.00. The first-order valence-corrected chi connectivity index (χ1v) is 8.98. The van der Waals surface area contributed by atoms with Gasteiger partial charge in [-0.2, -0.15) is 0 Å². The molecule has 1 saturated heterocycles. The average molecular weight is 328 g/mol. The second-order valence-corrected chi connectivity index (χ2v) is 8.81. The van der Waals surface area contributed by atoms with E-state index in [0.717, 1.165) is 5.69 Å². The molecule has 8 heteroatoms. The van der Waals surface area contributed by atoms with Gasteiger partial charge in [-0.3, -0.25) is 4.79 Å². The van der Waals surface area contributed by atoms with Gasteiger partial charge < -0.3 is 9.88 Å². The van der Waals surface area contributed by atoms with Crippen molar-refractivity contribution in [2.24, 2.45) is 12.5 Å². The maximum absolute atomic E-state index is 12.3. The van der Waals surface area contributed by atoms with E-state index in [2.05, 4.69) is 15.0 Å². The topological polar surface area (TPSA) is 93.1 Å². The Morgan fingerprint density at radius 3 is 2.68 bits per heavy atom. The minimum absolute atomic E-state index is 0.0442. The molecule has 0 unspecified atom stereocenters. The number of rotatable bonds is 4. The summed E-state index contributed by atoms with van der Waals surface area (Å²) >= 11 is 0. The van der Waals surface area contributed by atoms with E-state index in [4.69, 9.17) is 0 Å². The highest BCUT2D eigenvalue weighted by Gasteiger charge is 2.35. The lowest BCUT2D eigenvalue weighted by molar-refractivity contribution is -0.123. The molecule has 0 aromatic carbocycles. The zero-order valence-corrected chi connectivity index (χ0v) is 14.3. The van der Waals surface area contributed by atoms with E-state index in [1.54, 1.807) is 17.1 Å². The van der Waals surface area contributed by atoms with Crippen LogP contribution in [0.1, 0.15) is 45.3 Å². The number of hydrogen-bond donors (Lipinski definition) is 2. The SMILES string of the molecule is Cn1cncc1[C@@H]1NC(=O)CC[C@H]1NS(=O)(=O)CC(C)(C)C. The molecule has 0 radical (unpaired) electrons. The lowest BCUT2D eigenvalue weighted by Gasteiger charge is -2.33. The molecule has 0 saturated carbocycles. The first-order valence-electron chi connectivity index (χ1n) is 7.33. The summed E-state index contributed by atoms with van der Waals surface area (Å²) in [6, 6.07) is -0.760. The fraction of sp³-hybridized carbons (Fsp3) is 0.714. The number of piperidine rings is 1. The monoisotopic (exact) mass is 328 g/mol. The van der Waals surface area contributed by atoms with Crippen LogP contribution in [0, 0.1) is 5.41 Å². The summed E-state index contributed by atoms with van der Waals surface area (Å²) < 4.78 is 29.2. The van der Waals surface area contributed by atoms with E-state index < -0.39 is 16.1 Å². The van der Waals surface area contributed by atoms with Crippen molar-refractivity contribution in [3.05, 3.63) is 18.2 Å². The fourth-order valence-electron chi connectivity index (χ4n) is 2.72. The molecule has 2 atom stereocenters. The van der Waals surface area contributed by atoms with Crippen molar-refractivity contribution in [3.63, 3.8) is 0 Å². The largest absolute Gasteiger partial charge is 0.346 e. The lowest BCUT2D eigenvalue weighted by atomic mass is 9.96. The predicted octanol–water partition coefficient (Wildman–Crippen LogP) is 0.705. The Bertz CT molecular complexity index is 645. The van der Waals surface area contributed by atoms with Crippen LogP contribution in [0.4, 0.5) is 0 Å². The Hall–Kier alpha value is -1.41. The van der Waals surface area contributed by atoms with Gasteiger partial charge in [0, 0.05) is 19.5 Å². The number of carbonyl (C=O) groups is 1. The maximum Gasteiger partial charge on any atom is 0.220 e. The van der Waals surface area contributed by atoms with Crippen molar-refractivity contribution in [1.82, 2.24) is 19.6 Å². The van der Waals surface area contributed by atoms with Gasteiger partial charge >= 0.3 is 0 Å². The highest BCUT2D eigenvalue weighted by Crippen LogP contribution is 2.25. The molecule has 2 N–H and O–H groups in total. The summed E-state index contributed by atoms with van der Waals surface area (Å²) in [7, 11) is -1.60. The molecular weight excluding hydrogens is 304 g/mol. The maximum atomic E-state index is 12.3. The Morgan fingerprint density at radius 2 is 2.14 bits per heavy atom. The van der Waals surface area contributed by atoms with Gasteiger partial charge in [-0.15, -0.1) is 0 Å². The number of nitrogens with zero attached hydrogens (tertiary/aromatic N) is 2. The summed E-state index contributed by atoms with van der Waals surface area (Å²) in [5.74, 6) is -0.0276. The Balaban J connectivity index is 2.20. The molecule has 1 amide bonds. The summed E-state index contributed by atoms with van der Waals surface area (Å²) in [5, 5.41) is 2.87. The first kappa shape index (κ1) is 17.0. The predicted molar refractivity (Wildman–Crippen MR) is 83.5 cm³/mol. The third-order valence-electron chi connectivity index (χ3n) is 3.53. The van der Waals surface area contributed by atoms with Crippen LogP contribution in [0.15, 0.2) is 12.5 Å². The van der Waals surface area contributed by atoms with Crippen molar-refractivity contribution >= 4 is 15.9 Å². The van der Waals surface area contributed by atoms with Gasteiger partial charge in [0.15, 0.2) is 0 Å². The van der Waals surface area contributed by atoms with Crippen molar-refractivity contribution in [3.8, 4) is 0 Å². The number of aryl methyl sites for hydroxylation is 1. The summed E-state index contributed by atoms with van der Waals surface area (Å²) in [6.45, 7) is 5.65. The quantitative estimate of drug-likeness (QED) is 0.851. The van der Waals surface area contributed by atoms with Crippen molar-refractivity contribution in [2.75, 3.05) is 5.75 Å². The van der Waals surface area contributed by atoms with Gasteiger partial charge in [-0.25, -0.2) is 18.1 Å². The van der Waals surface area contributed by atoms with Crippen LogP contribution in [0.5, 0.6) is 0 Å². The molecule has 124 valence electrons. The minimum Gasteiger partial charge on any atom is -0.346 e. The summed E-state index contributed by atoms with van der Waals surface area (Å²) in [6.07, 6.45) is 4.08.